The van der Waals surface area contributed by atoms with Crippen LogP contribution in [0.2, 0.25) is 0 Å². The van der Waals surface area contributed by atoms with Crippen LogP contribution in [0.1, 0.15) is 53.4 Å². The third-order valence-electron chi connectivity index (χ3n) is 3.12. The molecule has 0 rings (SSSR count). The zero-order valence-electron chi connectivity index (χ0n) is 12.1. The smallest absolute Gasteiger partial charge is 0.0613 e. The van der Waals surface area contributed by atoms with Gasteiger partial charge in [-0.2, -0.15) is 0 Å². The molecule has 1 unspecified atom stereocenters. The summed E-state index contributed by atoms with van der Waals surface area (Å²) >= 11 is 0. The Morgan fingerprint density at radius 1 is 1.29 bits per heavy atom. The van der Waals surface area contributed by atoms with Crippen molar-refractivity contribution in [2.24, 2.45) is 5.92 Å². The Labute approximate surface area is 107 Å². The van der Waals surface area contributed by atoms with E-state index in [2.05, 4.69) is 33.0 Å². The molecule has 0 aromatic carbocycles. The molecule has 0 heterocycles. The molecule has 0 aliphatic rings. The lowest BCUT2D eigenvalue weighted by atomic mass is 9.91. The van der Waals surface area contributed by atoms with E-state index < -0.39 is 0 Å². The highest BCUT2D eigenvalue weighted by molar-refractivity contribution is 4.85. The van der Waals surface area contributed by atoms with Crippen molar-refractivity contribution in [3.8, 4) is 0 Å². The molecule has 3 nitrogen and oxygen atoms in total. The average molecular weight is 245 g/mol. The van der Waals surface area contributed by atoms with Crippen LogP contribution in [0.5, 0.6) is 0 Å². The molecule has 0 aliphatic carbocycles. The molecular weight excluding hydrogens is 214 g/mol. The van der Waals surface area contributed by atoms with Gasteiger partial charge in [-0.15, -0.1) is 0 Å². The van der Waals surface area contributed by atoms with Gasteiger partial charge in [-0.05, 0) is 38.1 Å². The maximum absolute atomic E-state index is 9.54. The van der Waals surface area contributed by atoms with Crippen LogP contribution in [0.25, 0.3) is 0 Å². The zero-order valence-corrected chi connectivity index (χ0v) is 12.1. The summed E-state index contributed by atoms with van der Waals surface area (Å²) in [5, 5.41) is 13.0. The van der Waals surface area contributed by atoms with Gasteiger partial charge in [0.1, 0.15) is 0 Å². The standard InChI is InChI=1S/C14H31NO2/c1-5-9-15-14(6-2,12-16)8-7-10-17-11-13(3)4/h13,15-16H,5-12H2,1-4H3. The fraction of sp³-hybridized carbons (Fsp3) is 1.00. The predicted molar refractivity (Wildman–Crippen MR) is 73.3 cm³/mol. The number of hydrogen-bond donors (Lipinski definition) is 2. The summed E-state index contributed by atoms with van der Waals surface area (Å²) in [7, 11) is 0. The van der Waals surface area contributed by atoms with Gasteiger partial charge in [-0.1, -0.05) is 27.7 Å². The first kappa shape index (κ1) is 16.9. The van der Waals surface area contributed by atoms with E-state index in [9.17, 15) is 5.11 Å². The molecule has 0 saturated carbocycles. The van der Waals surface area contributed by atoms with Gasteiger partial charge in [0.15, 0.2) is 0 Å². The Morgan fingerprint density at radius 3 is 2.47 bits per heavy atom. The summed E-state index contributed by atoms with van der Waals surface area (Å²) in [4.78, 5) is 0. The SMILES string of the molecule is CCCNC(CC)(CO)CCCOCC(C)C. The Morgan fingerprint density at radius 2 is 2.00 bits per heavy atom. The molecule has 17 heavy (non-hydrogen) atoms. The number of ether oxygens (including phenoxy) is 1. The first-order valence-electron chi connectivity index (χ1n) is 7.03. The van der Waals surface area contributed by atoms with Crippen molar-refractivity contribution in [1.29, 1.82) is 0 Å². The maximum atomic E-state index is 9.54. The van der Waals surface area contributed by atoms with Crippen LogP contribution in [0.4, 0.5) is 0 Å². The highest BCUT2D eigenvalue weighted by Crippen LogP contribution is 2.17. The lowest BCUT2D eigenvalue weighted by Crippen LogP contribution is -2.48. The second kappa shape index (κ2) is 9.86. The molecule has 3 heteroatoms. The summed E-state index contributed by atoms with van der Waals surface area (Å²) in [5.74, 6) is 0.599. The molecule has 0 saturated heterocycles. The van der Waals surface area contributed by atoms with E-state index in [1.54, 1.807) is 0 Å². The number of hydrogen-bond acceptors (Lipinski definition) is 3. The summed E-state index contributed by atoms with van der Waals surface area (Å²) in [6, 6.07) is 0. The van der Waals surface area contributed by atoms with E-state index in [-0.39, 0.29) is 12.1 Å². The predicted octanol–water partition coefficient (Wildman–Crippen LogP) is 2.58. The molecule has 0 fully saturated rings. The zero-order chi connectivity index (χ0) is 13.1. The van der Waals surface area contributed by atoms with Gasteiger partial charge in [-0.25, -0.2) is 0 Å². The van der Waals surface area contributed by atoms with E-state index in [0.717, 1.165) is 45.4 Å². The quantitative estimate of drug-likeness (QED) is 0.550. The molecule has 0 bridgehead atoms. The first-order valence-corrected chi connectivity index (χ1v) is 7.03. The Kier molecular flexibility index (Phi) is 9.79. The van der Waals surface area contributed by atoms with Crippen LogP contribution in [0, 0.1) is 5.92 Å². The average Bonchev–Trinajstić information content (AvgIpc) is 2.33. The lowest BCUT2D eigenvalue weighted by molar-refractivity contribution is 0.0883. The number of nitrogens with one attached hydrogen (secondary N) is 1. The van der Waals surface area contributed by atoms with E-state index in [0.29, 0.717) is 5.92 Å². The first-order chi connectivity index (χ1) is 8.10. The molecule has 104 valence electrons. The third-order valence-corrected chi connectivity index (χ3v) is 3.12. The summed E-state index contributed by atoms with van der Waals surface area (Å²) in [6.45, 7) is 11.4. The maximum Gasteiger partial charge on any atom is 0.0613 e. The second-order valence-electron chi connectivity index (χ2n) is 5.29. The lowest BCUT2D eigenvalue weighted by Gasteiger charge is -2.32. The van der Waals surface area contributed by atoms with E-state index in [1.165, 1.54) is 0 Å². The Balaban J connectivity index is 3.83. The van der Waals surface area contributed by atoms with Crippen LogP contribution in [0.15, 0.2) is 0 Å². The molecule has 2 N–H and O–H groups in total. The largest absolute Gasteiger partial charge is 0.394 e. The normalized spacial score (nSPS) is 15.2. The highest BCUT2D eigenvalue weighted by Gasteiger charge is 2.25. The van der Waals surface area contributed by atoms with E-state index in [4.69, 9.17) is 4.74 Å². The van der Waals surface area contributed by atoms with Crippen molar-refractivity contribution >= 4 is 0 Å². The fourth-order valence-electron chi connectivity index (χ4n) is 1.86. The third kappa shape index (κ3) is 7.74. The molecule has 0 aliphatic heterocycles. The van der Waals surface area contributed by atoms with E-state index in [1.807, 2.05) is 0 Å². The topological polar surface area (TPSA) is 41.5 Å². The molecule has 0 aromatic rings. The van der Waals surface area contributed by atoms with Gasteiger partial charge in [0.05, 0.1) is 6.61 Å². The van der Waals surface area contributed by atoms with Crippen LogP contribution in [-0.4, -0.2) is 37.0 Å². The molecule has 0 amide bonds. The van der Waals surface area contributed by atoms with Gasteiger partial charge in [0, 0.05) is 18.8 Å². The minimum Gasteiger partial charge on any atom is -0.394 e. The van der Waals surface area contributed by atoms with Crippen molar-refractivity contribution in [2.75, 3.05) is 26.4 Å². The van der Waals surface area contributed by atoms with Crippen molar-refractivity contribution in [2.45, 2.75) is 58.9 Å². The summed E-state index contributed by atoms with van der Waals surface area (Å²) in [5.41, 5.74) is -0.1000. The van der Waals surface area contributed by atoms with Crippen molar-refractivity contribution in [3.63, 3.8) is 0 Å². The molecule has 1 atom stereocenters. The van der Waals surface area contributed by atoms with Crippen molar-refractivity contribution < 1.29 is 9.84 Å². The molecule has 0 spiro atoms. The van der Waals surface area contributed by atoms with Crippen LogP contribution < -0.4 is 5.32 Å². The number of aliphatic hydroxyl groups is 1. The van der Waals surface area contributed by atoms with Crippen LogP contribution >= 0.6 is 0 Å². The van der Waals surface area contributed by atoms with Crippen molar-refractivity contribution in [3.05, 3.63) is 0 Å². The Hall–Kier alpha value is -0.120. The number of rotatable bonds is 11. The van der Waals surface area contributed by atoms with Gasteiger partial charge in [-0.3, -0.25) is 0 Å². The van der Waals surface area contributed by atoms with E-state index >= 15 is 0 Å². The highest BCUT2D eigenvalue weighted by atomic mass is 16.5. The minimum atomic E-state index is -0.1000. The Bertz CT molecular complexity index is 168. The van der Waals surface area contributed by atoms with Gasteiger partial charge < -0.3 is 15.2 Å². The monoisotopic (exact) mass is 245 g/mol. The minimum absolute atomic E-state index is 0.1000. The molecule has 0 radical (unpaired) electrons. The van der Waals surface area contributed by atoms with Crippen molar-refractivity contribution in [1.82, 2.24) is 5.32 Å². The molecular formula is C14H31NO2. The second-order valence-corrected chi connectivity index (χ2v) is 5.29. The summed E-state index contributed by atoms with van der Waals surface area (Å²) < 4.78 is 5.57. The van der Waals surface area contributed by atoms with Gasteiger partial charge >= 0.3 is 0 Å². The fourth-order valence-corrected chi connectivity index (χ4v) is 1.86. The summed E-state index contributed by atoms with van der Waals surface area (Å²) in [6.07, 6.45) is 4.06. The van der Waals surface area contributed by atoms with Crippen LogP contribution in [0.3, 0.4) is 0 Å². The van der Waals surface area contributed by atoms with Crippen LogP contribution in [-0.2, 0) is 4.74 Å². The number of aliphatic hydroxyl groups excluding tert-OH is 1. The molecule has 0 aromatic heterocycles. The van der Waals surface area contributed by atoms with Gasteiger partial charge in [0.2, 0.25) is 0 Å². The van der Waals surface area contributed by atoms with Gasteiger partial charge in [0.25, 0.3) is 0 Å².